The number of rotatable bonds is 7. The minimum atomic E-state index is -0.499. The summed E-state index contributed by atoms with van der Waals surface area (Å²) in [4.78, 5) is 28.6. The molecule has 3 rings (SSSR count). The molecule has 0 aliphatic carbocycles. The number of methoxy groups -OCH3 is 1. The third-order valence-electron chi connectivity index (χ3n) is 4.04. The van der Waals surface area contributed by atoms with Gasteiger partial charge in [0.15, 0.2) is 5.82 Å². The van der Waals surface area contributed by atoms with E-state index >= 15 is 0 Å². The normalized spacial score (nSPS) is 11.6. The van der Waals surface area contributed by atoms with Gasteiger partial charge in [0.1, 0.15) is 5.75 Å². The third kappa shape index (κ3) is 5.32. The molecule has 1 atom stereocenters. The number of nitrogens with one attached hydrogen (secondary N) is 2. The first-order valence-corrected chi connectivity index (χ1v) is 9.15. The van der Waals surface area contributed by atoms with Crippen molar-refractivity contribution in [3.63, 3.8) is 0 Å². The second kappa shape index (κ2) is 9.20. The Morgan fingerprint density at radius 2 is 1.97 bits per heavy atom. The summed E-state index contributed by atoms with van der Waals surface area (Å²) in [5, 5.41) is 9.77. The zero-order chi connectivity index (χ0) is 20.8. The Kier molecular flexibility index (Phi) is 6.46. The van der Waals surface area contributed by atoms with E-state index in [0.29, 0.717) is 28.1 Å². The summed E-state index contributed by atoms with van der Waals surface area (Å²) in [6.07, 6.45) is 0. The molecule has 0 aliphatic rings. The van der Waals surface area contributed by atoms with Gasteiger partial charge in [-0.25, -0.2) is 0 Å². The lowest BCUT2D eigenvalue weighted by Crippen LogP contribution is -2.38. The van der Waals surface area contributed by atoms with Crippen molar-refractivity contribution in [2.24, 2.45) is 0 Å². The van der Waals surface area contributed by atoms with Gasteiger partial charge in [-0.15, -0.1) is 0 Å². The van der Waals surface area contributed by atoms with E-state index in [1.807, 2.05) is 0 Å². The first-order chi connectivity index (χ1) is 14.0. The largest absolute Gasteiger partial charge is 0.497 e. The van der Waals surface area contributed by atoms with E-state index in [1.165, 1.54) is 7.11 Å². The van der Waals surface area contributed by atoms with Gasteiger partial charge < -0.3 is 19.9 Å². The minimum absolute atomic E-state index is 0.192. The summed E-state index contributed by atoms with van der Waals surface area (Å²) in [6, 6.07) is 13.1. The molecule has 2 aromatic carbocycles. The van der Waals surface area contributed by atoms with Crippen LogP contribution in [-0.2, 0) is 4.79 Å². The van der Waals surface area contributed by atoms with Gasteiger partial charge in [-0.2, -0.15) is 4.98 Å². The SMILES string of the molecule is COc1cccc(C(=O)NCC(=O)N[C@H](C)c2noc(-c3ccc(Cl)cc3)n2)c1. The fourth-order valence-corrected chi connectivity index (χ4v) is 2.63. The number of halogens is 1. The van der Waals surface area contributed by atoms with E-state index in [2.05, 4.69) is 20.8 Å². The van der Waals surface area contributed by atoms with Gasteiger partial charge in [-0.05, 0) is 49.4 Å². The molecule has 3 aromatic rings. The highest BCUT2D eigenvalue weighted by molar-refractivity contribution is 6.30. The molecule has 0 spiro atoms. The van der Waals surface area contributed by atoms with Crippen LogP contribution in [0.15, 0.2) is 53.1 Å². The van der Waals surface area contributed by atoms with Crippen LogP contribution in [0.3, 0.4) is 0 Å². The van der Waals surface area contributed by atoms with Crippen LogP contribution in [0.2, 0.25) is 5.02 Å². The summed E-state index contributed by atoms with van der Waals surface area (Å²) in [5.41, 5.74) is 1.12. The number of carbonyl (C=O) groups excluding carboxylic acids is 2. The quantitative estimate of drug-likeness (QED) is 0.615. The van der Waals surface area contributed by atoms with Crippen LogP contribution in [0, 0.1) is 0 Å². The van der Waals surface area contributed by atoms with Crippen LogP contribution in [0.25, 0.3) is 11.5 Å². The number of hydrogen-bond donors (Lipinski definition) is 2. The molecule has 150 valence electrons. The predicted molar refractivity (Wildman–Crippen MR) is 107 cm³/mol. The maximum Gasteiger partial charge on any atom is 0.257 e. The number of amides is 2. The molecule has 0 unspecified atom stereocenters. The molecule has 1 heterocycles. The van der Waals surface area contributed by atoms with Crippen molar-refractivity contribution >= 4 is 23.4 Å². The van der Waals surface area contributed by atoms with E-state index in [-0.39, 0.29) is 18.4 Å². The van der Waals surface area contributed by atoms with E-state index < -0.39 is 6.04 Å². The zero-order valence-corrected chi connectivity index (χ0v) is 16.6. The fraction of sp³-hybridized carbons (Fsp3) is 0.200. The van der Waals surface area contributed by atoms with E-state index in [0.717, 1.165) is 5.56 Å². The van der Waals surface area contributed by atoms with Crippen LogP contribution >= 0.6 is 11.6 Å². The van der Waals surface area contributed by atoms with Gasteiger partial charge in [-0.3, -0.25) is 9.59 Å². The second-order valence-corrected chi connectivity index (χ2v) is 6.60. The molecular formula is C20H19ClN4O4. The lowest BCUT2D eigenvalue weighted by molar-refractivity contribution is -0.120. The topological polar surface area (TPSA) is 106 Å². The van der Waals surface area contributed by atoms with Crippen molar-refractivity contribution in [1.29, 1.82) is 0 Å². The number of ether oxygens (including phenoxy) is 1. The van der Waals surface area contributed by atoms with E-state index in [4.69, 9.17) is 20.9 Å². The zero-order valence-electron chi connectivity index (χ0n) is 15.8. The fourth-order valence-electron chi connectivity index (χ4n) is 2.50. The maximum atomic E-state index is 12.2. The minimum Gasteiger partial charge on any atom is -0.497 e. The van der Waals surface area contributed by atoms with Crippen molar-refractivity contribution in [3.05, 3.63) is 64.9 Å². The number of carbonyl (C=O) groups is 2. The molecule has 29 heavy (non-hydrogen) atoms. The Bertz CT molecular complexity index is 1000. The Labute approximate surface area is 172 Å². The van der Waals surface area contributed by atoms with Crippen molar-refractivity contribution < 1.29 is 18.8 Å². The number of hydrogen-bond acceptors (Lipinski definition) is 6. The molecule has 0 saturated carbocycles. The highest BCUT2D eigenvalue weighted by atomic mass is 35.5. The Morgan fingerprint density at radius 3 is 2.69 bits per heavy atom. The Morgan fingerprint density at radius 1 is 1.21 bits per heavy atom. The average Bonchev–Trinajstić information content (AvgIpc) is 3.23. The lowest BCUT2D eigenvalue weighted by atomic mass is 10.2. The monoisotopic (exact) mass is 414 g/mol. The van der Waals surface area contributed by atoms with E-state index in [9.17, 15) is 9.59 Å². The van der Waals surface area contributed by atoms with Crippen LogP contribution in [0.5, 0.6) is 5.75 Å². The van der Waals surface area contributed by atoms with Crippen LogP contribution in [0.1, 0.15) is 29.1 Å². The third-order valence-corrected chi connectivity index (χ3v) is 4.29. The Balaban J connectivity index is 1.54. The lowest BCUT2D eigenvalue weighted by Gasteiger charge is -2.11. The molecule has 8 nitrogen and oxygen atoms in total. The standard InChI is InChI=1S/C20H19ClN4O4/c1-12(18-24-20(29-25-18)13-6-8-15(21)9-7-13)23-17(26)11-22-19(27)14-4-3-5-16(10-14)28-2/h3-10,12H,11H2,1-2H3,(H,22,27)(H,23,26)/t12-/m1/s1. The highest BCUT2D eigenvalue weighted by Gasteiger charge is 2.17. The molecule has 1 aromatic heterocycles. The van der Waals surface area contributed by atoms with Gasteiger partial charge >= 0.3 is 0 Å². The van der Waals surface area contributed by atoms with Gasteiger partial charge in [-0.1, -0.05) is 22.8 Å². The molecule has 0 radical (unpaired) electrons. The van der Waals surface area contributed by atoms with Crippen LogP contribution in [-0.4, -0.2) is 35.6 Å². The first kappa shape index (κ1) is 20.3. The summed E-state index contributed by atoms with van der Waals surface area (Å²) in [6.45, 7) is 1.53. The summed E-state index contributed by atoms with van der Waals surface area (Å²) >= 11 is 5.87. The molecule has 9 heteroatoms. The van der Waals surface area contributed by atoms with Gasteiger partial charge in [0, 0.05) is 16.1 Å². The van der Waals surface area contributed by atoms with Crippen molar-refractivity contribution in [3.8, 4) is 17.2 Å². The van der Waals surface area contributed by atoms with Crippen LogP contribution < -0.4 is 15.4 Å². The first-order valence-electron chi connectivity index (χ1n) is 8.77. The molecule has 0 fully saturated rings. The average molecular weight is 415 g/mol. The molecule has 0 saturated heterocycles. The van der Waals surface area contributed by atoms with Gasteiger partial charge in [0.05, 0.1) is 19.7 Å². The van der Waals surface area contributed by atoms with Crippen molar-refractivity contribution in [1.82, 2.24) is 20.8 Å². The van der Waals surface area contributed by atoms with Crippen molar-refractivity contribution in [2.45, 2.75) is 13.0 Å². The maximum absolute atomic E-state index is 12.2. The second-order valence-electron chi connectivity index (χ2n) is 6.17. The highest BCUT2D eigenvalue weighted by Crippen LogP contribution is 2.21. The van der Waals surface area contributed by atoms with Gasteiger partial charge in [0.2, 0.25) is 5.91 Å². The molecule has 0 bridgehead atoms. The summed E-state index contributed by atoms with van der Waals surface area (Å²) < 4.78 is 10.3. The molecular weight excluding hydrogens is 396 g/mol. The smallest absolute Gasteiger partial charge is 0.257 e. The molecule has 0 aliphatic heterocycles. The Hall–Kier alpha value is -3.39. The summed E-state index contributed by atoms with van der Waals surface area (Å²) in [7, 11) is 1.52. The van der Waals surface area contributed by atoms with Crippen LogP contribution in [0.4, 0.5) is 0 Å². The van der Waals surface area contributed by atoms with E-state index in [1.54, 1.807) is 55.5 Å². The van der Waals surface area contributed by atoms with Gasteiger partial charge in [0.25, 0.3) is 11.8 Å². The number of aromatic nitrogens is 2. The number of benzene rings is 2. The predicted octanol–water partition coefficient (Wildman–Crippen LogP) is 3.01. The van der Waals surface area contributed by atoms with Crippen molar-refractivity contribution in [2.75, 3.05) is 13.7 Å². The number of nitrogens with zero attached hydrogens (tertiary/aromatic N) is 2. The molecule has 2 N–H and O–H groups in total. The summed E-state index contributed by atoms with van der Waals surface area (Å²) in [5.74, 6) is 0.443. The molecule has 2 amide bonds.